The van der Waals surface area contributed by atoms with Crippen molar-refractivity contribution in [1.29, 1.82) is 0 Å². The van der Waals surface area contributed by atoms with Crippen LogP contribution in [0.15, 0.2) is 24.3 Å². The van der Waals surface area contributed by atoms with Crippen molar-refractivity contribution < 1.29 is 9.59 Å². The Morgan fingerprint density at radius 1 is 1.08 bits per heavy atom. The smallest absolute Gasteiger partial charge is 0.248 e. The van der Waals surface area contributed by atoms with E-state index in [0.717, 1.165) is 10.4 Å². The minimum Gasteiger partial charge on any atom is -0.273 e. The molecule has 128 valence electrons. The molecule has 0 bridgehead atoms. The lowest BCUT2D eigenvalue weighted by atomic mass is 9.82. The summed E-state index contributed by atoms with van der Waals surface area (Å²) in [5, 5.41) is 6.23. The number of imide groups is 1. The van der Waals surface area contributed by atoms with Gasteiger partial charge in [-0.05, 0) is 24.5 Å². The number of aromatic nitrogens is 4. The number of rotatable bonds is 2. The van der Waals surface area contributed by atoms with Gasteiger partial charge in [0.15, 0.2) is 5.65 Å². The zero-order valence-corrected chi connectivity index (χ0v) is 14.3. The summed E-state index contributed by atoms with van der Waals surface area (Å²) in [7, 11) is 0. The molecule has 1 fully saturated rings. The highest BCUT2D eigenvalue weighted by atomic mass is 16.2. The molecule has 0 aliphatic carbocycles. The Morgan fingerprint density at radius 2 is 1.76 bits per heavy atom. The highest BCUT2D eigenvalue weighted by molar-refractivity contribution is 6.00. The minimum atomic E-state index is -0.331. The van der Waals surface area contributed by atoms with Crippen LogP contribution in [0, 0.1) is 12.3 Å². The summed E-state index contributed by atoms with van der Waals surface area (Å²) in [4.78, 5) is 33.8. The molecule has 1 saturated heterocycles. The maximum Gasteiger partial charge on any atom is 0.248 e. The highest BCUT2D eigenvalue weighted by Crippen LogP contribution is 2.31. The van der Waals surface area contributed by atoms with Gasteiger partial charge in [0.25, 0.3) is 0 Å². The van der Waals surface area contributed by atoms with Crippen LogP contribution in [0.2, 0.25) is 0 Å². The van der Waals surface area contributed by atoms with E-state index >= 15 is 0 Å². The number of fused-ring (bicyclic) bond motifs is 3. The molecule has 8 nitrogen and oxygen atoms in total. The van der Waals surface area contributed by atoms with Crippen LogP contribution in [0.25, 0.3) is 16.6 Å². The summed E-state index contributed by atoms with van der Waals surface area (Å²) in [6, 6.07) is 7.54. The van der Waals surface area contributed by atoms with Crippen molar-refractivity contribution in [2.75, 3.05) is 5.43 Å². The van der Waals surface area contributed by atoms with E-state index in [-0.39, 0.29) is 23.2 Å². The number of nitrogens with one attached hydrogen (secondary N) is 1. The number of carbonyl (C=O) groups excluding carboxylic acids is 2. The van der Waals surface area contributed by atoms with E-state index in [1.54, 1.807) is 6.92 Å². The van der Waals surface area contributed by atoms with Crippen LogP contribution in [0.3, 0.4) is 0 Å². The summed E-state index contributed by atoms with van der Waals surface area (Å²) in [5.74, 6) is 0.316. The van der Waals surface area contributed by atoms with Crippen LogP contribution < -0.4 is 5.43 Å². The second-order valence-electron chi connectivity index (χ2n) is 7.10. The van der Waals surface area contributed by atoms with Crippen molar-refractivity contribution in [2.24, 2.45) is 5.41 Å². The predicted molar refractivity (Wildman–Crippen MR) is 91.5 cm³/mol. The number of anilines is 1. The summed E-state index contributed by atoms with van der Waals surface area (Å²) in [5.41, 5.74) is 3.86. The molecule has 0 atom stereocenters. The van der Waals surface area contributed by atoms with Crippen molar-refractivity contribution in [3.63, 3.8) is 0 Å². The van der Waals surface area contributed by atoms with Gasteiger partial charge in [0.05, 0.1) is 5.52 Å². The van der Waals surface area contributed by atoms with Crippen molar-refractivity contribution in [1.82, 2.24) is 24.6 Å². The third kappa shape index (κ3) is 2.59. The van der Waals surface area contributed by atoms with Crippen LogP contribution in [-0.2, 0) is 9.59 Å². The fourth-order valence-corrected chi connectivity index (χ4v) is 3.13. The number of piperidine rings is 1. The van der Waals surface area contributed by atoms with Gasteiger partial charge in [0, 0.05) is 18.2 Å². The largest absolute Gasteiger partial charge is 0.273 e. The SMILES string of the molecule is Cc1nc2c3ccccc3nc(NN3C(=O)CC(C)(C)CC3=O)n2n1. The van der Waals surface area contributed by atoms with Crippen LogP contribution in [0.1, 0.15) is 32.5 Å². The quantitative estimate of drug-likeness (QED) is 0.719. The number of hydrazine groups is 1. The standard InChI is InChI=1S/C17H18N6O2/c1-10-18-15-11-6-4-5-7-12(11)19-16(23(15)20-10)21-22-13(24)8-17(2,3)9-14(22)25/h4-7H,8-9H2,1-3H3,(H,19,21). The van der Waals surface area contributed by atoms with Crippen LogP contribution in [0.4, 0.5) is 5.95 Å². The summed E-state index contributed by atoms with van der Waals surface area (Å²) >= 11 is 0. The van der Waals surface area contributed by atoms with Gasteiger partial charge in [-0.15, -0.1) is 5.10 Å². The molecule has 8 heteroatoms. The van der Waals surface area contributed by atoms with Crippen molar-refractivity contribution in [3.8, 4) is 0 Å². The van der Waals surface area contributed by atoms with E-state index in [0.29, 0.717) is 29.8 Å². The molecule has 2 aromatic heterocycles. The monoisotopic (exact) mass is 338 g/mol. The van der Waals surface area contributed by atoms with Gasteiger partial charge < -0.3 is 0 Å². The Labute approximate surface area is 143 Å². The van der Waals surface area contributed by atoms with Gasteiger partial charge in [-0.3, -0.25) is 15.0 Å². The lowest BCUT2D eigenvalue weighted by molar-refractivity contribution is -0.150. The fraction of sp³-hybridized carbons (Fsp3) is 0.353. The highest BCUT2D eigenvalue weighted by Gasteiger charge is 2.38. The van der Waals surface area contributed by atoms with Crippen LogP contribution in [0.5, 0.6) is 0 Å². The molecule has 1 N–H and O–H groups in total. The average molecular weight is 338 g/mol. The zero-order chi connectivity index (χ0) is 17.8. The van der Waals surface area contributed by atoms with Crippen molar-refractivity contribution >= 4 is 34.3 Å². The molecule has 1 aromatic carbocycles. The Morgan fingerprint density at radius 3 is 2.48 bits per heavy atom. The average Bonchev–Trinajstić information content (AvgIpc) is 2.92. The van der Waals surface area contributed by atoms with Gasteiger partial charge in [-0.1, -0.05) is 26.0 Å². The van der Waals surface area contributed by atoms with Gasteiger partial charge in [-0.2, -0.15) is 9.52 Å². The lowest BCUT2D eigenvalue weighted by Gasteiger charge is -2.34. The summed E-state index contributed by atoms with van der Waals surface area (Å²) in [6.07, 6.45) is 0.581. The first-order chi connectivity index (χ1) is 11.8. The van der Waals surface area contributed by atoms with E-state index in [9.17, 15) is 9.59 Å². The first-order valence-corrected chi connectivity index (χ1v) is 8.09. The van der Waals surface area contributed by atoms with Gasteiger partial charge in [0.2, 0.25) is 17.8 Å². The number of amides is 2. The third-order valence-electron chi connectivity index (χ3n) is 4.26. The van der Waals surface area contributed by atoms with Crippen molar-refractivity contribution in [3.05, 3.63) is 30.1 Å². The summed E-state index contributed by atoms with van der Waals surface area (Å²) in [6.45, 7) is 5.60. The molecule has 4 rings (SSSR count). The predicted octanol–water partition coefficient (Wildman–Crippen LogP) is 2.09. The number of para-hydroxylation sites is 1. The Hall–Kier alpha value is -3.03. The second kappa shape index (κ2) is 5.23. The number of hydrogen-bond donors (Lipinski definition) is 1. The Kier molecular flexibility index (Phi) is 3.24. The number of benzene rings is 1. The number of aryl methyl sites for hydroxylation is 1. The molecule has 0 saturated carbocycles. The number of hydrogen-bond acceptors (Lipinski definition) is 6. The molecule has 0 unspecified atom stereocenters. The van der Waals surface area contributed by atoms with E-state index in [4.69, 9.17) is 0 Å². The summed E-state index contributed by atoms with van der Waals surface area (Å²) < 4.78 is 1.53. The fourth-order valence-electron chi connectivity index (χ4n) is 3.13. The van der Waals surface area contributed by atoms with E-state index in [1.165, 1.54) is 4.52 Å². The number of carbonyl (C=O) groups is 2. The Balaban J connectivity index is 1.81. The first kappa shape index (κ1) is 15.5. The van der Waals surface area contributed by atoms with Crippen LogP contribution >= 0.6 is 0 Å². The van der Waals surface area contributed by atoms with Gasteiger partial charge >= 0.3 is 0 Å². The molecular formula is C17H18N6O2. The minimum absolute atomic E-state index is 0.277. The van der Waals surface area contributed by atoms with Crippen LogP contribution in [-0.4, -0.2) is 36.4 Å². The Bertz CT molecular complexity index is 1000. The van der Waals surface area contributed by atoms with Gasteiger partial charge in [0.1, 0.15) is 5.82 Å². The third-order valence-corrected chi connectivity index (χ3v) is 4.26. The zero-order valence-electron chi connectivity index (χ0n) is 14.3. The maximum atomic E-state index is 12.4. The molecule has 25 heavy (non-hydrogen) atoms. The molecule has 1 aliphatic rings. The lowest BCUT2D eigenvalue weighted by Crippen LogP contribution is -2.49. The van der Waals surface area contributed by atoms with Gasteiger partial charge in [-0.25, -0.2) is 9.97 Å². The molecular weight excluding hydrogens is 320 g/mol. The van der Waals surface area contributed by atoms with Crippen molar-refractivity contribution in [2.45, 2.75) is 33.6 Å². The molecule has 0 radical (unpaired) electrons. The maximum absolute atomic E-state index is 12.4. The molecule has 0 spiro atoms. The first-order valence-electron chi connectivity index (χ1n) is 8.09. The van der Waals surface area contributed by atoms with E-state index < -0.39 is 0 Å². The normalized spacial score (nSPS) is 17.5. The number of nitrogens with zero attached hydrogens (tertiary/aromatic N) is 5. The second-order valence-corrected chi connectivity index (χ2v) is 7.10. The van der Waals surface area contributed by atoms with E-state index in [2.05, 4.69) is 20.5 Å². The van der Waals surface area contributed by atoms with E-state index in [1.807, 2.05) is 38.1 Å². The molecule has 2 amide bonds. The molecule has 3 aromatic rings. The topological polar surface area (TPSA) is 92.5 Å². The molecule has 3 heterocycles. The molecule has 1 aliphatic heterocycles.